The van der Waals surface area contributed by atoms with Gasteiger partial charge in [-0.3, -0.25) is 12.2 Å². The average molecular weight is 508 g/mol. The van der Waals surface area contributed by atoms with Crippen LogP contribution in [0.3, 0.4) is 0 Å². The Hall–Kier alpha value is 0.471. The van der Waals surface area contributed by atoms with E-state index in [0.717, 1.165) is 12.8 Å². The van der Waals surface area contributed by atoms with E-state index in [1.807, 2.05) is 26.8 Å². The molecular formula is C26H48Cl2SiTi-4. The van der Waals surface area contributed by atoms with E-state index in [2.05, 4.69) is 52.0 Å². The van der Waals surface area contributed by atoms with Crippen LogP contribution in [0.15, 0.2) is 34.4 Å². The molecule has 0 radical (unpaired) electrons. The van der Waals surface area contributed by atoms with Crippen molar-refractivity contribution in [3.63, 3.8) is 0 Å². The molecule has 2 aliphatic carbocycles. The number of rotatable bonds is 10. The van der Waals surface area contributed by atoms with Crippen LogP contribution in [0.5, 0.6) is 0 Å². The van der Waals surface area contributed by atoms with Crippen molar-refractivity contribution in [1.82, 2.24) is 0 Å². The summed E-state index contributed by atoms with van der Waals surface area (Å²) in [6.45, 7) is 8.96. The van der Waals surface area contributed by atoms with E-state index in [0.29, 0.717) is 0 Å². The topological polar surface area (TPSA) is 0 Å². The third-order valence-corrected chi connectivity index (χ3v) is 4.58. The third kappa shape index (κ3) is 20.4. The van der Waals surface area contributed by atoms with Gasteiger partial charge in [-0.25, -0.2) is 23.3 Å². The first-order valence-corrected chi connectivity index (χ1v) is 14.7. The molecule has 2 aliphatic rings. The summed E-state index contributed by atoms with van der Waals surface area (Å²) in [6.07, 6.45) is 26.6. The Balaban J connectivity index is -0.000000114. The van der Waals surface area contributed by atoms with Crippen LogP contribution >= 0.6 is 24.8 Å². The van der Waals surface area contributed by atoms with Gasteiger partial charge in [-0.2, -0.15) is 11.1 Å². The SMILES string of the molecule is CCCCC1=CC(CCC)=[C-]C1.CCCCC1=CC(CCC)=[C-]C1.Cl.Cl.[CH3-].[CH3-].[SiH2]=[Ti]. The van der Waals surface area contributed by atoms with Crippen molar-refractivity contribution in [2.24, 2.45) is 0 Å². The monoisotopic (exact) mass is 506 g/mol. The van der Waals surface area contributed by atoms with E-state index >= 15 is 0 Å². The zero-order valence-electron chi connectivity index (χ0n) is 20.7. The van der Waals surface area contributed by atoms with Crippen molar-refractivity contribution in [1.29, 1.82) is 0 Å². The molecule has 0 N–H and O–H groups in total. The molecule has 0 amide bonds. The third-order valence-electron chi connectivity index (χ3n) is 4.58. The second kappa shape index (κ2) is 29.5. The second-order valence-electron chi connectivity index (χ2n) is 7.07. The molecule has 0 spiro atoms. The van der Waals surface area contributed by atoms with Gasteiger partial charge in [0.25, 0.3) is 0 Å². The van der Waals surface area contributed by atoms with Crippen LogP contribution in [0, 0.1) is 27.0 Å². The average Bonchev–Trinajstić information content (AvgIpc) is 3.30. The Morgan fingerprint density at radius 1 is 0.667 bits per heavy atom. The van der Waals surface area contributed by atoms with Crippen molar-refractivity contribution >= 4 is 32.4 Å². The molecule has 0 aromatic rings. The molecule has 0 unspecified atom stereocenters. The van der Waals surface area contributed by atoms with Gasteiger partial charge in [-0.05, 0) is 12.8 Å². The Morgan fingerprint density at radius 2 is 1.00 bits per heavy atom. The fraction of sp³-hybridized carbons (Fsp3) is 0.615. The van der Waals surface area contributed by atoms with Gasteiger partial charge < -0.3 is 14.9 Å². The molecule has 0 aromatic heterocycles. The summed E-state index contributed by atoms with van der Waals surface area (Å²) in [4.78, 5) is 0. The molecule has 4 heteroatoms. The summed E-state index contributed by atoms with van der Waals surface area (Å²) in [6, 6.07) is 0. The molecule has 0 saturated carbocycles. The summed E-state index contributed by atoms with van der Waals surface area (Å²) in [5.74, 6) is 0. The van der Waals surface area contributed by atoms with Gasteiger partial charge in [0.1, 0.15) is 0 Å². The van der Waals surface area contributed by atoms with Crippen molar-refractivity contribution in [2.45, 2.75) is 105 Å². The van der Waals surface area contributed by atoms with Crippen molar-refractivity contribution < 1.29 is 19.2 Å². The first-order valence-electron chi connectivity index (χ1n) is 10.7. The first kappa shape index (κ1) is 40.8. The Kier molecular flexibility index (Phi) is 40.1. The minimum absolute atomic E-state index is 0. The number of halogens is 2. The summed E-state index contributed by atoms with van der Waals surface area (Å²) in [5.41, 5.74) is 6.09. The van der Waals surface area contributed by atoms with Crippen LogP contribution in [0.2, 0.25) is 0 Å². The van der Waals surface area contributed by atoms with E-state index in [1.54, 1.807) is 11.1 Å². The number of hydrogen-bond acceptors (Lipinski definition) is 0. The second-order valence-corrected chi connectivity index (χ2v) is 7.07. The Labute approximate surface area is 216 Å². The van der Waals surface area contributed by atoms with Crippen LogP contribution in [0.1, 0.15) is 105 Å². The van der Waals surface area contributed by atoms with Crippen LogP contribution in [-0.2, 0) is 19.2 Å². The molecule has 0 aliphatic heterocycles. The van der Waals surface area contributed by atoms with Gasteiger partial charge in [0.05, 0.1) is 0 Å². The van der Waals surface area contributed by atoms with Crippen LogP contribution in [-0.4, -0.2) is 7.63 Å². The summed E-state index contributed by atoms with van der Waals surface area (Å²) >= 11 is 2.03. The van der Waals surface area contributed by atoms with Gasteiger partial charge in [0.15, 0.2) is 0 Å². The maximum absolute atomic E-state index is 3.44. The van der Waals surface area contributed by atoms with Gasteiger partial charge in [-0.15, -0.1) is 37.7 Å². The zero-order chi connectivity index (χ0) is 19.6. The standard InChI is InChI=1S/2C12H19.2CH3.2ClH.H2Si.Ti/c2*1-3-5-7-12-9-8-11(10-12)6-4-2;;;;;;/h2*10H,3-7,9H2,1-2H3;2*1H3;2*1H;1H2;/q4*-1;;;;. The molecule has 0 atom stereocenters. The maximum atomic E-state index is 3.44. The quantitative estimate of drug-likeness (QED) is 0.205. The van der Waals surface area contributed by atoms with E-state index in [-0.39, 0.29) is 39.7 Å². The molecule has 178 valence electrons. The predicted octanol–water partition coefficient (Wildman–Crippen LogP) is 8.90. The van der Waals surface area contributed by atoms with Crippen molar-refractivity contribution in [3.05, 3.63) is 61.4 Å². The van der Waals surface area contributed by atoms with Crippen molar-refractivity contribution in [3.8, 4) is 0 Å². The predicted molar refractivity (Wildman–Crippen MR) is 144 cm³/mol. The molecule has 0 saturated heterocycles. The van der Waals surface area contributed by atoms with Gasteiger partial charge in [0, 0.05) is 0 Å². The van der Waals surface area contributed by atoms with Gasteiger partial charge in [0.2, 0.25) is 0 Å². The minimum atomic E-state index is 0. The fourth-order valence-electron chi connectivity index (χ4n) is 3.14. The molecule has 2 rings (SSSR count). The number of allylic oxidation sites excluding steroid dienone is 8. The molecule has 30 heavy (non-hydrogen) atoms. The number of hydrogen-bond donors (Lipinski definition) is 0. The van der Waals surface area contributed by atoms with Crippen LogP contribution in [0.25, 0.3) is 0 Å². The first-order chi connectivity index (χ1) is 12.7. The van der Waals surface area contributed by atoms with Gasteiger partial charge >= 0.3 is 26.8 Å². The van der Waals surface area contributed by atoms with E-state index in [4.69, 9.17) is 0 Å². The molecule has 0 bridgehead atoms. The summed E-state index contributed by atoms with van der Waals surface area (Å²) in [7, 11) is 1.86. The van der Waals surface area contributed by atoms with E-state index in [1.165, 1.54) is 75.4 Å². The van der Waals surface area contributed by atoms with E-state index < -0.39 is 0 Å². The zero-order valence-corrected chi connectivity index (χ0v) is 25.3. The van der Waals surface area contributed by atoms with Crippen LogP contribution in [0.4, 0.5) is 0 Å². The van der Waals surface area contributed by atoms with E-state index in [9.17, 15) is 0 Å². The summed E-state index contributed by atoms with van der Waals surface area (Å²) < 4.78 is 0. The molecule has 0 nitrogen and oxygen atoms in total. The van der Waals surface area contributed by atoms with Crippen molar-refractivity contribution in [2.75, 3.05) is 0 Å². The molecule has 0 heterocycles. The molecule has 0 aromatic carbocycles. The Morgan fingerprint density at radius 3 is 1.27 bits per heavy atom. The number of unbranched alkanes of at least 4 members (excludes halogenated alkanes) is 2. The fourth-order valence-corrected chi connectivity index (χ4v) is 3.14. The van der Waals surface area contributed by atoms with Gasteiger partial charge in [-0.1, -0.05) is 79.1 Å². The van der Waals surface area contributed by atoms with Crippen LogP contribution < -0.4 is 0 Å². The molecule has 0 fully saturated rings. The molecular weight excluding hydrogens is 459 g/mol. The summed E-state index contributed by atoms with van der Waals surface area (Å²) in [5, 5.41) is 0. The Bertz CT molecular complexity index is 449. The normalized spacial score (nSPS) is 13.0.